The van der Waals surface area contributed by atoms with Crippen LogP contribution in [0.1, 0.15) is 38.5 Å². The monoisotopic (exact) mass is 226 g/mol. The van der Waals surface area contributed by atoms with E-state index in [2.05, 4.69) is 0 Å². The van der Waals surface area contributed by atoms with Gasteiger partial charge >= 0.3 is 5.97 Å². The SMILES string of the molecule is O=C(O)C1CCC(C2CC[SiH2]CC2)CC1. The summed E-state index contributed by atoms with van der Waals surface area (Å²) in [5.74, 6) is 1.24. The van der Waals surface area contributed by atoms with Crippen LogP contribution in [0.3, 0.4) is 0 Å². The van der Waals surface area contributed by atoms with Crippen LogP contribution in [0, 0.1) is 17.8 Å². The van der Waals surface area contributed by atoms with Crippen molar-refractivity contribution in [1.82, 2.24) is 0 Å². The normalized spacial score (nSPS) is 39.1. The molecule has 0 spiro atoms. The lowest BCUT2D eigenvalue weighted by molar-refractivity contribution is -0.143. The van der Waals surface area contributed by atoms with Crippen molar-refractivity contribution in [3.63, 3.8) is 0 Å². The van der Waals surface area contributed by atoms with Crippen molar-refractivity contribution in [1.29, 1.82) is 0 Å². The first-order chi connectivity index (χ1) is 7.27. The molecule has 0 unspecified atom stereocenters. The molecule has 1 heterocycles. The number of carboxylic acid groups (broad SMARTS) is 1. The molecule has 3 heteroatoms. The Bertz CT molecular complexity index is 216. The van der Waals surface area contributed by atoms with Gasteiger partial charge in [0.2, 0.25) is 0 Å². The van der Waals surface area contributed by atoms with Crippen molar-refractivity contribution >= 4 is 15.5 Å². The van der Waals surface area contributed by atoms with E-state index < -0.39 is 5.97 Å². The molecule has 86 valence electrons. The van der Waals surface area contributed by atoms with Crippen molar-refractivity contribution in [2.45, 2.75) is 50.6 Å². The van der Waals surface area contributed by atoms with Gasteiger partial charge in [-0.15, -0.1) is 0 Å². The zero-order valence-electron chi connectivity index (χ0n) is 9.45. The Balaban J connectivity index is 1.79. The smallest absolute Gasteiger partial charge is 0.306 e. The second kappa shape index (κ2) is 5.15. The van der Waals surface area contributed by atoms with Crippen LogP contribution in [-0.4, -0.2) is 20.6 Å². The van der Waals surface area contributed by atoms with Gasteiger partial charge in [-0.2, -0.15) is 0 Å². The maximum Gasteiger partial charge on any atom is 0.306 e. The van der Waals surface area contributed by atoms with Gasteiger partial charge in [-0.3, -0.25) is 4.79 Å². The van der Waals surface area contributed by atoms with E-state index in [1.807, 2.05) is 0 Å². The highest BCUT2D eigenvalue weighted by molar-refractivity contribution is 6.35. The molecule has 15 heavy (non-hydrogen) atoms. The fraction of sp³-hybridized carbons (Fsp3) is 0.917. The highest BCUT2D eigenvalue weighted by atomic mass is 28.2. The van der Waals surface area contributed by atoms with E-state index in [0.29, 0.717) is 9.52 Å². The van der Waals surface area contributed by atoms with Gasteiger partial charge in [-0.05, 0) is 37.5 Å². The fourth-order valence-electron chi connectivity index (χ4n) is 3.44. The topological polar surface area (TPSA) is 37.3 Å². The first-order valence-electron chi connectivity index (χ1n) is 6.50. The molecule has 2 aliphatic rings. The Morgan fingerprint density at radius 1 is 0.933 bits per heavy atom. The lowest BCUT2D eigenvalue weighted by Crippen LogP contribution is -2.27. The molecule has 1 saturated heterocycles. The number of carboxylic acids is 1. The van der Waals surface area contributed by atoms with Crippen LogP contribution < -0.4 is 0 Å². The third kappa shape index (κ3) is 2.83. The quantitative estimate of drug-likeness (QED) is 0.734. The van der Waals surface area contributed by atoms with Crippen LogP contribution in [0.4, 0.5) is 0 Å². The Labute approximate surface area is 94.3 Å². The summed E-state index contributed by atoms with van der Waals surface area (Å²) in [4.78, 5) is 10.8. The fourth-order valence-corrected chi connectivity index (χ4v) is 5.42. The average Bonchev–Trinajstić information content (AvgIpc) is 2.30. The van der Waals surface area contributed by atoms with Gasteiger partial charge in [0.05, 0.1) is 5.92 Å². The minimum atomic E-state index is -0.565. The van der Waals surface area contributed by atoms with E-state index in [1.54, 1.807) is 12.1 Å². The molecule has 0 aromatic carbocycles. The molecule has 0 amide bonds. The highest BCUT2D eigenvalue weighted by Gasteiger charge is 2.30. The standard InChI is InChI=1S/C12H22O2Si/c13-12(14)11-3-1-9(2-4-11)10-5-7-15-8-6-10/h9-11H,1-8,15H2,(H,13,14). The summed E-state index contributed by atoms with van der Waals surface area (Å²) in [6.45, 7) is 0. The van der Waals surface area contributed by atoms with Gasteiger partial charge in [-0.25, -0.2) is 0 Å². The molecule has 0 radical (unpaired) electrons. The van der Waals surface area contributed by atoms with Crippen LogP contribution in [0.25, 0.3) is 0 Å². The summed E-state index contributed by atoms with van der Waals surface area (Å²) in [5.41, 5.74) is 0. The van der Waals surface area contributed by atoms with Crippen molar-refractivity contribution in [3.8, 4) is 0 Å². The highest BCUT2D eigenvalue weighted by Crippen LogP contribution is 2.39. The Morgan fingerprint density at radius 2 is 1.47 bits per heavy atom. The molecular formula is C12H22O2Si. The Kier molecular flexibility index (Phi) is 3.84. The first-order valence-corrected chi connectivity index (χ1v) is 8.50. The van der Waals surface area contributed by atoms with E-state index in [9.17, 15) is 4.79 Å². The summed E-state index contributed by atoms with van der Waals surface area (Å²) >= 11 is 0. The number of hydrogen-bond acceptors (Lipinski definition) is 1. The summed E-state index contributed by atoms with van der Waals surface area (Å²) in [6.07, 6.45) is 7.18. The molecule has 2 nitrogen and oxygen atoms in total. The molecule has 1 aliphatic carbocycles. The van der Waals surface area contributed by atoms with E-state index >= 15 is 0 Å². The third-order valence-corrected chi connectivity index (χ3v) is 6.25. The number of hydrogen-bond donors (Lipinski definition) is 1. The first kappa shape index (κ1) is 11.2. The lowest BCUT2D eigenvalue weighted by atomic mass is 9.74. The zero-order chi connectivity index (χ0) is 10.7. The molecule has 0 aromatic rings. The Hall–Kier alpha value is -0.313. The van der Waals surface area contributed by atoms with Gasteiger partial charge in [0, 0.05) is 9.52 Å². The van der Waals surface area contributed by atoms with E-state index in [4.69, 9.17) is 5.11 Å². The van der Waals surface area contributed by atoms with Crippen LogP contribution in [0.5, 0.6) is 0 Å². The molecule has 2 rings (SSSR count). The molecule has 0 aromatic heterocycles. The maximum atomic E-state index is 10.8. The molecule has 0 atom stereocenters. The van der Waals surface area contributed by atoms with Crippen molar-refractivity contribution < 1.29 is 9.90 Å². The molecule has 1 saturated carbocycles. The minimum Gasteiger partial charge on any atom is -0.481 e. The number of aliphatic carboxylic acids is 1. The van der Waals surface area contributed by atoms with E-state index in [0.717, 1.165) is 24.7 Å². The maximum absolute atomic E-state index is 10.8. The van der Waals surface area contributed by atoms with Gasteiger partial charge in [0.1, 0.15) is 0 Å². The molecule has 1 aliphatic heterocycles. The van der Waals surface area contributed by atoms with Gasteiger partial charge in [0.15, 0.2) is 0 Å². The summed E-state index contributed by atoms with van der Waals surface area (Å²) in [6, 6.07) is 3.09. The van der Waals surface area contributed by atoms with Crippen LogP contribution in [0.15, 0.2) is 0 Å². The second-order valence-electron chi connectivity index (χ2n) is 5.35. The predicted octanol–water partition coefficient (Wildman–Crippen LogP) is 2.29. The van der Waals surface area contributed by atoms with Crippen molar-refractivity contribution in [3.05, 3.63) is 0 Å². The molecular weight excluding hydrogens is 204 g/mol. The zero-order valence-corrected chi connectivity index (χ0v) is 10.9. The van der Waals surface area contributed by atoms with Crippen LogP contribution in [-0.2, 0) is 4.79 Å². The van der Waals surface area contributed by atoms with Gasteiger partial charge < -0.3 is 5.11 Å². The van der Waals surface area contributed by atoms with E-state index in [1.165, 1.54) is 25.7 Å². The van der Waals surface area contributed by atoms with Crippen molar-refractivity contribution in [2.24, 2.45) is 17.8 Å². The molecule has 0 bridgehead atoms. The Morgan fingerprint density at radius 3 is 2.00 bits per heavy atom. The van der Waals surface area contributed by atoms with Gasteiger partial charge in [-0.1, -0.05) is 24.9 Å². The van der Waals surface area contributed by atoms with E-state index in [-0.39, 0.29) is 5.92 Å². The second-order valence-corrected chi connectivity index (χ2v) is 7.47. The lowest BCUT2D eigenvalue weighted by Gasteiger charge is -2.34. The summed E-state index contributed by atoms with van der Waals surface area (Å²) < 4.78 is 0. The van der Waals surface area contributed by atoms with Gasteiger partial charge in [0.25, 0.3) is 0 Å². The average molecular weight is 226 g/mol. The third-order valence-electron chi connectivity index (χ3n) is 4.44. The predicted molar refractivity (Wildman–Crippen MR) is 64.0 cm³/mol. The van der Waals surface area contributed by atoms with Crippen molar-refractivity contribution in [2.75, 3.05) is 0 Å². The number of rotatable bonds is 2. The molecule has 2 fully saturated rings. The summed E-state index contributed by atoms with van der Waals surface area (Å²) in [7, 11) is 0.324. The van der Waals surface area contributed by atoms with Crippen LogP contribution >= 0.6 is 0 Å². The largest absolute Gasteiger partial charge is 0.481 e. The molecule has 1 N–H and O–H groups in total. The minimum absolute atomic E-state index is 0.0285. The van der Waals surface area contributed by atoms with Crippen LogP contribution in [0.2, 0.25) is 12.1 Å². The summed E-state index contributed by atoms with van der Waals surface area (Å²) in [5, 5.41) is 8.94. The number of carbonyl (C=O) groups is 1.